The van der Waals surface area contributed by atoms with E-state index in [0.717, 1.165) is 10.9 Å². The number of aromatic nitrogens is 1. The molecule has 0 spiro atoms. The van der Waals surface area contributed by atoms with Gasteiger partial charge in [0.25, 0.3) is 0 Å². The fourth-order valence-corrected chi connectivity index (χ4v) is 1.78. The third-order valence-corrected chi connectivity index (χ3v) is 2.77. The molecule has 0 saturated heterocycles. The summed E-state index contributed by atoms with van der Waals surface area (Å²) in [6, 6.07) is 12.0. The van der Waals surface area contributed by atoms with Crippen LogP contribution in [0.2, 0.25) is 0 Å². The van der Waals surface area contributed by atoms with E-state index in [1.54, 1.807) is 6.20 Å². The van der Waals surface area contributed by atoms with Crippen molar-refractivity contribution in [3.63, 3.8) is 0 Å². The Kier molecular flexibility index (Phi) is 3.98. The molecule has 1 aromatic heterocycles. The molecule has 0 bridgehead atoms. The van der Waals surface area contributed by atoms with E-state index in [-0.39, 0.29) is 0 Å². The molecule has 2 rings (SSSR count). The molecule has 0 fully saturated rings. The zero-order chi connectivity index (χ0) is 12.1. The molecular formula is C13H13BrN2O. The summed E-state index contributed by atoms with van der Waals surface area (Å²) in [5.74, 6) is 1.04. The minimum Gasteiger partial charge on any atom is -0.489 e. The van der Waals surface area contributed by atoms with Crippen LogP contribution < -0.4 is 10.5 Å². The smallest absolute Gasteiger partial charge is 0.166 e. The lowest BCUT2D eigenvalue weighted by Gasteiger charge is -2.08. The molecule has 17 heavy (non-hydrogen) atoms. The third-order valence-electron chi connectivity index (χ3n) is 2.34. The number of ether oxygens (including phenoxy) is 1. The van der Waals surface area contributed by atoms with Gasteiger partial charge >= 0.3 is 0 Å². The summed E-state index contributed by atoms with van der Waals surface area (Å²) in [6.07, 6.45) is 2.51. The van der Waals surface area contributed by atoms with Gasteiger partial charge < -0.3 is 10.5 Å². The largest absolute Gasteiger partial charge is 0.489 e. The Hall–Kier alpha value is -1.55. The van der Waals surface area contributed by atoms with Gasteiger partial charge in [0.05, 0.1) is 6.61 Å². The Morgan fingerprint density at radius 3 is 2.76 bits per heavy atom. The Balaban J connectivity index is 1.92. The molecule has 2 aromatic rings. The molecule has 0 saturated carbocycles. The molecular weight excluding hydrogens is 280 g/mol. The zero-order valence-corrected chi connectivity index (χ0v) is 10.9. The van der Waals surface area contributed by atoms with Crippen LogP contribution in [0.15, 0.2) is 47.1 Å². The van der Waals surface area contributed by atoms with Gasteiger partial charge in [-0.2, -0.15) is 0 Å². The van der Waals surface area contributed by atoms with Gasteiger partial charge in [-0.05, 0) is 27.6 Å². The Morgan fingerprint density at radius 1 is 1.24 bits per heavy atom. The summed E-state index contributed by atoms with van der Waals surface area (Å²) < 4.78 is 6.47. The Bertz CT molecular complexity index is 488. The number of nitrogens with zero attached hydrogens (tertiary/aromatic N) is 1. The van der Waals surface area contributed by atoms with E-state index in [9.17, 15) is 0 Å². The Morgan fingerprint density at radius 2 is 2.00 bits per heavy atom. The van der Waals surface area contributed by atoms with Gasteiger partial charge in [0.15, 0.2) is 11.6 Å². The predicted octanol–water partition coefficient (Wildman–Crippen LogP) is 3.05. The van der Waals surface area contributed by atoms with Crippen LogP contribution in [0, 0.1) is 0 Å². The maximum Gasteiger partial charge on any atom is 0.166 e. The number of hydrogen-bond acceptors (Lipinski definition) is 3. The Labute approximate surface area is 109 Å². The van der Waals surface area contributed by atoms with Crippen LogP contribution >= 0.6 is 15.9 Å². The molecule has 1 aromatic carbocycles. The van der Waals surface area contributed by atoms with Gasteiger partial charge in [-0.1, -0.05) is 30.3 Å². The van der Waals surface area contributed by atoms with Crippen molar-refractivity contribution in [1.82, 2.24) is 4.98 Å². The van der Waals surface area contributed by atoms with Gasteiger partial charge in [-0.3, -0.25) is 0 Å². The van der Waals surface area contributed by atoms with Gasteiger partial charge in [0, 0.05) is 17.1 Å². The fourth-order valence-electron chi connectivity index (χ4n) is 1.47. The van der Waals surface area contributed by atoms with E-state index in [4.69, 9.17) is 10.5 Å². The molecule has 0 atom stereocenters. The van der Waals surface area contributed by atoms with E-state index in [1.165, 1.54) is 5.56 Å². The lowest BCUT2D eigenvalue weighted by Crippen LogP contribution is -2.04. The highest BCUT2D eigenvalue weighted by atomic mass is 79.9. The van der Waals surface area contributed by atoms with Crippen LogP contribution in [0.3, 0.4) is 0 Å². The number of hydrogen-bond donors (Lipinski definition) is 1. The van der Waals surface area contributed by atoms with Crippen molar-refractivity contribution in [2.24, 2.45) is 0 Å². The molecule has 2 N–H and O–H groups in total. The van der Waals surface area contributed by atoms with Crippen LogP contribution in [0.25, 0.3) is 0 Å². The average molecular weight is 293 g/mol. The second kappa shape index (κ2) is 5.68. The molecule has 0 amide bonds. The molecule has 1 heterocycles. The van der Waals surface area contributed by atoms with E-state index >= 15 is 0 Å². The van der Waals surface area contributed by atoms with Gasteiger partial charge in [-0.15, -0.1) is 0 Å². The van der Waals surface area contributed by atoms with E-state index in [1.807, 2.05) is 24.3 Å². The van der Waals surface area contributed by atoms with Gasteiger partial charge in [-0.25, -0.2) is 4.98 Å². The van der Waals surface area contributed by atoms with Crippen molar-refractivity contribution in [3.8, 4) is 5.75 Å². The zero-order valence-electron chi connectivity index (χ0n) is 9.27. The average Bonchev–Trinajstić information content (AvgIpc) is 2.35. The minimum absolute atomic E-state index is 0.418. The van der Waals surface area contributed by atoms with Crippen LogP contribution in [-0.2, 0) is 6.42 Å². The second-order valence-corrected chi connectivity index (χ2v) is 4.54. The summed E-state index contributed by atoms with van der Waals surface area (Å²) in [6.45, 7) is 0.590. The van der Waals surface area contributed by atoms with Crippen LogP contribution in [0.5, 0.6) is 5.75 Å². The van der Waals surface area contributed by atoms with Crippen molar-refractivity contribution in [1.29, 1.82) is 0 Å². The van der Waals surface area contributed by atoms with E-state index in [0.29, 0.717) is 18.2 Å². The van der Waals surface area contributed by atoms with E-state index in [2.05, 4.69) is 33.0 Å². The number of rotatable bonds is 4. The standard InChI is InChI=1S/C13H13BrN2O/c14-11-8-12(13(15)16-9-11)17-7-6-10-4-2-1-3-5-10/h1-5,8-9H,6-7H2,(H2,15,16). The summed E-state index contributed by atoms with van der Waals surface area (Å²) in [7, 11) is 0. The summed E-state index contributed by atoms with van der Waals surface area (Å²) >= 11 is 3.34. The highest BCUT2D eigenvalue weighted by Gasteiger charge is 2.02. The third kappa shape index (κ3) is 3.46. The van der Waals surface area contributed by atoms with Crippen molar-refractivity contribution in [2.45, 2.75) is 6.42 Å². The number of nitrogen functional groups attached to an aromatic ring is 1. The summed E-state index contributed by atoms with van der Waals surface area (Å²) in [5.41, 5.74) is 6.96. The van der Waals surface area contributed by atoms with Crippen LogP contribution in [-0.4, -0.2) is 11.6 Å². The van der Waals surface area contributed by atoms with Crippen molar-refractivity contribution in [2.75, 3.05) is 12.3 Å². The normalized spacial score (nSPS) is 10.2. The molecule has 0 radical (unpaired) electrons. The SMILES string of the molecule is Nc1ncc(Br)cc1OCCc1ccccc1. The van der Waals surface area contributed by atoms with Gasteiger partial charge in [0.2, 0.25) is 0 Å². The van der Waals surface area contributed by atoms with E-state index < -0.39 is 0 Å². The highest BCUT2D eigenvalue weighted by Crippen LogP contribution is 2.23. The number of benzene rings is 1. The molecule has 4 heteroatoms. The second-order valence-electron chi connectivity index (χ2n) is 3.62. The lowest BCUT2D eigenvalue weighted by molar-refractivity contribution is 0.322. The fraction of sp³-hybridized carbons (Fsp3) is 0.154. The molecule has 0 aliphatic carbocycles. The molecule has 0 aliphatic heterocycles. The monoisotopic (exact) mass is 292 g/mol. The molecule has 0 unspecified atom stereocenters. The van der Waals surface area contributed by atoms with Crippen molar-refractivity contribution < 1.29 is 4.74 Å². The summed E-state index contributed by atoms with van der Waals surface area (Å²) in [5, 5.41) is 0. The lowest BCUT2D eigenvalue weighted by atomic mass is 10.2. The first-order chi connectivity index (χ1) is 8.25. The summed E-state index contributed by atoms with van der Waals surface area (Å²) in [4.78, 5) is 4.01. The first-order valence-electron chi connectivity index (χ1n) is 5.33. The first kappa shape index (κ1) is 11.9. The number of anilines is 1. The number of halogens is 1. The van der Waals surface area contributed by atoms with Crippen LogP contribution in [0.1, 0.15) is 5.56 Å². The molecule has 0 aliphatic rings. The quantitative estimate of drug-likeness (QED) is 0.942. The highest BCUT2D eigenvalue weighted by molar-refractivity contribution is 9.10. The van der Waals surface area contributed by atoms with Gasteiger partial charge in [0.1, 0.15) is 0 Å². The maximum absolute atomic E-state index is 5.71. The van der Waals surface area contributed by atoms with Crippen molar-refractivity contribution in [3.05, 3.63) is 52.6 Å². The predicted molar refractivity (Wildman–Crippen MR) is 72.0 cm³/mol. The number of pyridine rings is 1. The first-order valence-corrected chi connectivity index (χ1v) is 6.13. The van der Waals surface area contributed by atoms with Crippen molar-refractivity contribution >= 4 is 21.7 Å². The minimum atomic E-state index is 0.418. The molecule has 88 valence electrons. The molecule has 3 nitrogen and oxygen atoms in total. The van der Waals surface area contributed by atoms with Crippen LogP contribution in [0.4, 0.5) is 5.82 Å². The number of nitrogens with two attached hydrogens (primary N) is 1. The maximum atomic E-state index is 5.71. The topological polar surface area (TPSA) is 48.1 Å².